The summed E-state index contributed by atoms with van der Waals surface area (Å²) < 4.78 is 15.6. The third kappa shape index (κ3) is 2.97. The summed E-state index contributed by atoms with van der Waals surface area (Å²) in [4.78, 5) is 0. The predicted molar refractivity (Wildman–Crippen MR) is 72.6 cm³/mol. The largest absolute Gasteiger partial charge is 0.308 e. The van der Waals surface area contributed by atoms with E-state index in [0.717, 1.165) is 23.4 Å². The Labute approximate surface area is 114 Å². The Bertz CT molecular complexity index is 551. The van der Waals surface area contributed by atoms with Crippen LogP contribution in [0, 0.1) is 12.7 Å². The second-order valence-corrected chi connectivity index (χ2v) is 5.02. The molecule has 1 heterocycles. The molecule has 0 aliphatic rings. The first-order chi connectivity index (χ1) is 8.58. The van der Waals surface area contributed by atoms with Crippen molar-refractivity contribution < 1.29 is 4.39 Å². The van der Waals surface area contributed by atoms with Gasteiger partial charge in [-0.05, 0) is 34.5 Å². The maximum Gasteiger partial charge on any atom is 0.137 e. The fourth-order valence-electron chi connectivity index (χ4n) is 1.84. The molecule has 0 amide bonds. The highest BCUT2D eigenvalue weighted by Crippen LogP contribution is 2.20. The number of aromatic nitrogens is 2. The lowest BCUT2D eigenvalue weighted by atomic mass is 10.2. The van der Waals surface area contributed by atoms with Crippen molar-refractivity contribution in [2.45, 2.75) is 20.0 Å². The zero-order valence-electron chi connectivity index (χ0n) is 10.4. The lowest BCUT2D eigenvalue weighted by Gasteiger charge is -2.06. The van der Waals surface area contributed by atoms with Crippen molar-refractivity contribution in [3.8, 4) is 0 Å². The molecule has 2 aromatic rings. The third-order valence-corrected chi connectivity index (χ3v) is 3.67. The van der Waals surface area contributed by atoms with Crippen molar-refractivity contribution >= 4 is 15.9 Å². The van der Waals surface area contributed by atoms with E-state index in [1.165, 1.54) is 6.07 Å². The molecular formula is C13H15BrFN3. The highest BCUT2D eigenvalue weighted by molar-refractivity contribution is 9.10. The number of hydrogen-bond acceptors (Lipinski definition) is 2. The van der Waals surface area contributed by atoms with Crippen LogP contribution in [0.1, 0.15) is 16.8 Å². The molecular weight excluding hydrogens is 297 g/mol. The van der Waals surface area contributed by atoms with Crippen molar-refractivity contribution in [1.82, 2.24) is 15.1 Å². The SMILES string of the molecule is Cc1nn(C)cc1CNCc1cccc(F)c1Br. The summed E-state index contributed by atoms with van der Waals surface area (Å²) >= 11 is 3.25. The molecule has 0 radical (unpaired) electrons. The molecule has 0 spiro atoms. The molecule has 1 aromatic carbocycles. The molecule has 0 saturated carbocycles. The predicted octanol–water partition coefficient (Wildman–Crippen LogP) is 2.92. The van der Waals surface area contributed by atoms with E-state index in [1.54, 1.807) is 10.7 Å². The van der Waals surface area contributed by atoms with Gasteiger partial charge in [-0.2, -0.15) is 5.10 Å². The second-order valence-electron chi connectivity index (χ2n) is 4.23. The maximum absolute atomic E-state index is 13.3. The smallest absolute Gasteiger partial charge is 0.137 e. The van der Waals surface area contributed by atoms with E-state index in [0.29, 0.717) is 11.0 Å². The first-order valence-corrected chi connectivity index (χ1v) is 6.50. The Morgan fingerprint density at radius 1 is 1.33 bits per heavy atom. The normalized spacial score (nSPS) is 10.9. The Morgan fingerprint density at radius 3 is 2.72 bits per heavy atom. The molecule has 3 nitrogen and oxygen atoms in total. The molecule has 96 valence electrons. The van der Waals surface area contributed by atoms with Gasteiger partial charge in [0.1, 0.15) is 5.82 Å². The van der Waals surface area contributed by atoms with Crippen LogP contribution in [0.5, 0.6) is 0 Å². The molecule has 2 rings (SSSR count). The second kappa shape index (κ2) is 5.63. The summed E-state index contributed by atoms with van der Waals surface area (Å²) in [5, 5.41) is 7.57. The van der Waals surface area contributed by atoms with Gasteiger partial charge in [0.15, 0.2) is 0 Å². The minimum absolute atomic E-state index is 0.230. The van der Waals surface area contributed by atoms with Crippen molar-refractivity contribution in [2.24, 2.45) is 7.05 Å². The molecule has 18 heavy (non-hydrogen) atoms. The van der Waals surface area contributed by atoms with Crippen molar-refractivity contribution in [2.75, 3.05) is 0 Å². The van der Waals surface area contributed by atoms with Gasteiger partial charge in [0.2, 0.25) is 0 Å². The Balaban J connectivity index is 1.96. The molecule has 0 aliphatic heterocycles. The van der Waals surface area contributed by atoms with Gasteiger partial charge in [-0.25, -0.2) is 4.39 Å². The summed E-state index contributed by atoms with van der Waals surface area (Å²) in [6, 6.07) is 5.06. The minimum atomic E-state index is -0.230. The highest BCUT2D eigenvalue weighted by Gasteiger charge is 2.06. The summed E-state index contributed by atoms with van der Waals surface area (Å²) in [5.41, 5.74) is 3.09. The van der Waals surface area contributed by atoms with Gasteiger partial charge >= 0.3 is 0 Å². The standard InChI is InChI=1S/C13H15BrFN3/c1-9-11(8-18(2)17-9)7-16-6-10-4-3-5-12(15)13(10)14/h3-5,8,16H,6-7H2,1-2H3. The third-order valence-electron chi connectivity index (χ3n) is 2.78. The molecule has 1 N–H and O–H groups in total. The average molecular weight is 312 g/mol. The van der Waals surface area contributed by atoms with Gasteiger partial charge < -0.3 is 5.32 Å². The van der Waals surface area contributed by atoms with Crippen LogP contribution in [0.3, 0.4) is 0 Å². The van der Waals surface area contributed by atoms with E-state index >= 15 is 0 Å². The van der Waals surface area contributed by atoms with Crippen LogP contribution in [-0.2, 0) is 20.1 Å². The van der Waals surface area contributed by atoms with E-state index in [4.69, 9.17) is 0 Å². The van der Waals surface area contributed by atoms with Gasteiger partial charge in [0, 0.05) is 31.9 Å². The van der Waals surface area contributed by atoms with Gasteiger partial charge in [0.25, 0.3) is 0 Å². The first-order valence-electron chi connectivity index (χ1n) is 5.70. The average Bonchev–Trinajstić information content (AvgIpc) is 2.63. The summed E-state index contributed by atoms with van der Waals surface area (Å²) in [5.74, 6) is -0.230. The maximum atomic E-state index is 13.3. The van der Waals surface area contributed by atoms with E-state index in [1.807, 2.05) is 26.2 Å². The Kier molecular flexibility index (Phi) is 4.14. The summed E-state index contributed by atoms with van der Waals surface area (Å²) in [6.45, 7) is 3.32. The number of benzene rings is 1. The van der Waals surface area contributed by atoms with Gasteiger partial charge in [-0.3, -0.25) is 4.68 Å². The van der Waals surface area contributed by atoms with E-state index < -0.39 is 0 Å². The first kappa shape index (κ1) is 13.2. The fourth-order valence-corrected chi connectivity index (χ4v) is 2.24. The van der Waals surface area contributed by atoms with E-state index in [9.17, 15) is 4.39 Å². The van der Waals surface area contributed by atoms with Crippen LogP contribution in [0.15, 0.2) is 28.9 Å². The van der Waals surface area contributed by atoms with Gasteiger partial charge in [-0.1, -0.05) is 12.1 Å². The molecule has 5 heteroatoms. The van der Waals surface area contributed by atoms with Crippen molar-refractivity contribution in [3.63, 3.8) is 0 Å². The van der Waals surface area contributed by atoms with E-state index in [2.05, 4.69) is 26.3 Å². The summed E-state index contributed by atoms with van der Waals surface area (Å²) in [7, 11) is 1.90. The minimum Gasteiger partial charge on any atom is -0.308 e. The molecule has 0 atom stereocenters. The number of halogens is 2. The molecule has 0 unspecified atom stereocenters. The number of nitrogens with zero attached hydrogens (tertiary/aromatic N) is 2. The Morgan fingerprint density at radius 2 is 2.06 bits per heavy atom. The van der Waals surface area contributed by atoms with Crippen LogP contribution in [-0.4, -0.2) is 9.78 Å². The van der Waals surface area contributed by atoms with Gasteiger partial charge in [-0.15, -0.1) is 0 Å². The lowest BCUT2D eigenvalue weighted by Crippen LogP contribution is -2.13. The number of rotatable bonds is 4. The zero-order chi connectivity index (χ0) is 13.1. The van der Waals surface area contributed by atoms with Crippen molar-refractivity contribution in [1.29, 1.82) is 0 Å². The van der Waals surface area contributed by atoms with Crippen LogP contribution in [0.2, 0.25) is 0 Å². The molecule has 1 aromatic heterocycles. The Hall–Kier alpha value is -1.20. The molecule has 0 saturated heterocycles. The zero-order valence-corrected chi connectivity index (χ0v) is 12.0. The summed E-state index contributed by atoms with van der Waals surface area (Å²) in [6.07, 6.45) is 1.99. The molecule has 0 aliphatic carbocycles. The number of aryl methyl sites for hydroxylation is 2. The monoisotopic (exact) mass is 311 g/mol. The number of nitrogens with one attached hydrogen (secondary N) is 1. The fraction of sp³-hybridized carbons (Fsp3) is 0.308. The van der Waals surface area contributed by atoms with Crippen molar-refractivity contribution in [3.05, 3.63) is 51.5 Å². The van der Waals surface area contributed by atoms with Crippen LogP contribution >= 0.6 is 15.9 Å². The van der Waals surface area contributed by atoms with Gasteiger partial charge in [0.05, 0.1) is 10.2 Å². The topological polar surface area (TPSA) is 29.9 Å². The number of hydrogen-bond donors (Lipinski definition) is 1. The van der Waals surface area contributed by atoms with Crippen LogP contribution in [0.4, 0.5) is 4.39 Å². The lowest BCUT2D eigenvalue weighted by molar-refractivity contribution is 0.612. The molecule has 0 fully saturated rings. The van der Waals surface area contributed by atoms with Crippen LogP contribution in [0.25, 0.3) is 0 Å². The van der Waals surface area contributed by atoms with E-state index in [-0.39, 0.29) is 5.82 Å². The highest BCUT2D eigenvalue weighted by atomic mass is 79.9. The molecule has 0 bridgehead atoms. The van der Waals surface area contributed by atoms with Crippen LogP contribution < -0.4 is 5.32 Å². The quantitative estimate of drug-likeness (QED) is 0.941.